The van der Waals surface area contributed by atoms with Crippen molar-refractivity contribution in [3.05, 3.63) is 77.5 Å². The van der Waals surface area contributed by atoms with Crippen LogP contribution in [0.25, 0.3) is 33.6 Å². The Bertz CT molecular complexity index is 1570. The Morgan fingerprint density at radius 1 is 1.02 bits per heavy atom. The first kappa shape index (κ1) is 27.0. The minimum Gasteiger partial charge on any atom is -0.465 e. The monoisotopic (exact) mass is 551 g/mol. The first-order chi connectivity index (χ1) is 19.7. The Labute approximate surface area is 240 Å². The summed E-state index contributed by atoms with van der Waals surface area (Å²) in [6.07, 6.45) is 3.38. The van der Waals surface area contributed by atoms with Crippen LogP contribution in [0.2, 0.25) is 0 Å². The normalized spacial score (nSPS) is 15.4. The molecule has 212 valence electrons. The summed E-state index contributed by atoms with van der Waals surface area (Å²) in [6.45, 7) is 6.40. The third kappa shape index (κ3) is 4.66. The number of aromatic amines is 1. The van der Waals surface area contributed by atoms with Crippen molar-refractivity contribution in [2.24, 2.45) is 0 Å². The summed E-state index contributed by atoms with van der Waals surface area (Å²) in [6, 6.07) is 20.9. The van der Waals surface area contributed by atoms with E-state index < -0.39 is 17.2 Å². The van der Waals surface area contributed by atoms with E-state index in [9.17, 15) is 15.0 Å². The predicted octanol–water partition coefficient (Wildman–Crippen LogP) is 6.47. The van der Waals surface area contributed by atoms with E-state index in [1.54, 1.807) is 4.90 Å². The molecule has 6 rings (SSSR count). The van der Waals surface area contributed by atoms with Gasteiger partial charge in [-0.2, -0.15) is 5.10 Å². The number of hydrogen-bond donors (Lipinski definition) is 4. The molecule has 4 aromatic rings. The molecular weight excluding hydrogens is 514 g/mol. The number of anilines is 1. The molecular formula is C33H37N5O3. The summed E-state index contributed by atoms with van der Waals surface area (Å²) >= 11 is 0. The topological polar surface area (TPSA) is 114 Å². The minimum absolute atomic E-state index is 0.0474. The van der Waals surface area contributed by atoms with E-state index in [4.69, 9.17) is 4.98 Å². The van der Waals surface area contributed by atoms with Crippen molar-refractivity contribution >= 4 is 11.9 Å². The highest BCUT2D eigenvalue weighted by Crippen LogP contribution is 2.50. The maximum Gasteiger partial charge on any atom is 0.408 e. The number of aliphatic hydroxyl groups is 1. The maximum atomic E-state index is 12.4. The molecule has 2 aliphatic carbocycles. The van der Waals surface area contributed by atoms with Gasteiger partial charge in [-0.15, -0.1) is 0 Å². The van der Waals surface area contributed by atoms with E-state index in [0.717, 1.165) is 88.4 Å². The second kappa shape index (κ2) is 10.3. The first-order valence-corrected chi connectivity index (χ1v) is 14.4. The smallest absolute Gasteiger partial charge is 0.408 e. The molecule has 1 saturated carbocycles. The molecule has 2 aliphatic rings. The van der Waals surface area contributed by atoms with Crippen molar-refractivity contribution in [2.45, 2.75) is 64.0 Å². The Kier molecular flexibility index (Phi) is 6.82. The lowest BCUT2D eigenvalue weighted by molar-refractivity contribution is -0.0328. The van der Waals surface area contributed by atoms with Gasteiger partial charge in [-0.25, -0.2) is 4.79 Å². The van der Waals surface area contributed by atoms with Gasteiger partial charge < -0.3 is 15.5 Å². The largest absolute Gasteiger partial charge is 0.465 e. The molecule has 4 N–H and O–H groups in total. The number of carboxylic acid groups (broad SMARTS) is 1. The number of aliphatic hydroxyl groups excluding tert-OH is 1. The third-order valence-corrected chi connectivity index (χ3v) is 8.51. The molecule has 2 heterocycles. The van der Waals surface area contributed by atoms with Gasteiger partial charge in [-0.3, -0.25) is 15.0 Å². The number of hydrogen-bond acceptors (Lipinski definition) is 5. The summed E-state index contributed by atoms with van der Waals surface area (Å²) in [7, 11) is 0. The van der Waals surface area contributed by atoms with Crippen LogP contribution < -0.4 is 5.32 Å². The fourth-order valence-corrected chi connectivity index (χ4v) is 6.61. The lowest BCUT2D eigenvalue weighted by atomic mass is 9.69. The molecule has 8 nitrogen and oxygen atoms in total. The van der Waals surface area contributed by atoms with Crippen LogP contribution >= 0.6 is 0 Å². The molecule has 41 heavy (non-hydrogen) atoms. The maximum absolute atomic E-state index is 12.4. The van der Waals surface area contributed by atoms with E-state index in [2.05, 4.69) is 58.0 Å². The van der Waals surface area contributed by atoms with Gasteiger partial charge in [0.05, 0.1) is 29.2 Å². The van der Waals surface area contributed by atoms with Crippen LogP contribution in [-0.2, 0) is 18.4 Å². The van der Waals surface area contributed by atoms with Gasteiger partial charge in [-0.05, 0) is 70.1 Å². The number of pyridine rings is 1. The standard InChI is InChI=1S/C33H37N5O3/c1-32(2,3)38(31(40)41)33(16-7-17-33)23-12-10-22(11-13-23)28-25(21-8-5-4-6-9-21)20-26-27(35-28)15-14-24-29(26)36-37-30(24)34-18-19-39/h4-6,8-13,20,39H,7,14-19H2,1-3H3,(H,40,41)(H2,34,36,37). The van der Waals surface area contributed by atoms with Crippen LogP contribution in [0.15, 0.2) is 60.7 Å². The Balaban J connectivity index is 1.43. The zero-order chi connectivity index (χ0) is 28.8. The molecule has 2 aromatic heterocycles. The molecule has 0 unspecified atom stereocenters. The van der Waals surface area contributed by atoms with E-state index in [1.165, 1.54) is 0 Å². The van der Waals surface area contributed by atoms with Crippen molar-refractivity contribution < 1.29 is 15.0 Å². The second-order valence-corrected chi connectivity index (χ2v) is 12.1. The molecule has 0 spiro atoms. The van der Waals surface area contributed by atoms with Gasteiger partial charge in [0.2, 0.25) is 0 Å². The molecule has 2 aromatic carbocycles. The van der Waals surface area contributed by atoms with Gasteiger partial charge in [0.1, 0.15) is 0 Å². The summed E-state index contributed by atoms with van der Waals surface area (Å²) < 4.78 is 0. The number of aryl methyl sites for hydroxylation is 1. The first-order valence-electron chi connectivity index (χ1n) is 14.4. The molecule has 0 aliphatic heterocycles. The number of rotatable bonds is 7. The Morgan fingerprint density at radius 2 is 1.76 bits per heavy atom. The van der Waals surface area contributed by atoms with Crippen LogP contribution in [-0.4, -0.2) is 55.1 Å². The average molecular weight is 552 g/mol. The minimum atomic E-state index is -0.878. The highest BCUT2D eigenvalue weighted by Gasteiger charge is 2.50. The molecule has 0 bridgehead atoms. The summed E-state index contributed by atoms with van der Waals surface area (Å²) in [5.41, 5.74) is 8.21. The molecule has 0 saturated heterocycles. The van der Waals surface area contributed by atoms with Crippen LogP contribution in [0.3, 0.4) is 0 Å². The van der Waals surface area contributed by atoms with E-state index in [0.29, 0.717) is 6.54 Å². The van der Waals surface area contributed by atoms with Crippen molar-refractivity contribution in [1.29, 1.82) is 0 Å². The lowest BCUT2D eigenvalue weighted by Crippen LogP contribution is -2.60. The second-order valence-electron chi connectivity index (χ2n) is 12.1. The number of fused-ring (bicyclic) bond motifs is 3. The van der Waals surface area contributed by atoms with Crippen molar-refractivity contribution in [2.75, 3.05) is 18.5 Å². The number of carbonyl (C=O) groups is 1. The predicted molar refractivity (Wildman–Crippen MR) is 161 cm³/mol. The number of aromatic nitrogens is 3. The highest BCUT2D eigenvalue weighted by molar-refractivity contribution is 5.86. The highest BCUT2D eigenvalue weighted by atomic mass is 16.4. The molecule has 1 fully saturated rings. The Hall–Kier alpha value is -4.17. The van der Waals surface area contributed by atoms with Gasteiger partial charge in [-0.1, -0.05) is 54.6 Å². The summed E-state index contributed by atoms with van der Waals surface area (Å²) in [5.74, 6) is 0.788. The van der Waals surface area contributed by atoms with Gasteiger partial charge in [0, 0.05) is 34.3 Å². The van der Waals surface area contributed by atoms with Gasteiger partial charge in [0.15, 0.2) is 5.82 Å². The number of H-pyrrole nitrogens is 1. The summed E-state index contributed by atoms with van der Waals surface area (Å²) in [5, 5.41) is 30.4. The van der Waals surface area contributed by atoms with E-state index in [-0.39, 0.29) is 6.61 Å². The van der Waals surface area contributed by atoms with Crippen molar-refractivity contribution in [1.82, 2.24) is 20.1 Å². The Morgan fingerprint density at radius 3 is 2.37 bits per heavy atom. The van der Waals surface area contributed by atoms with Gasteiger partial charge >= 0.3 is 6.09 Å². The fraction of sp³-hybridized carbons (Fsp3) is 0.364. The van der Waals surface area contributed by atoms with Gasteiger partial charge in [0.25, 0.3) is 0 Å². The lowest BCUT2D eigenvalue weighted by Gasteiger charge is -2.54. The number of nitrogens with zero attached hydrogens (tertiary/aromatic N) is 3. The van der Waals surface area contributed by atoms with E-state index in [1.807, 2.05) is 39.0 Å². The average Bonchev–Trinajstić information content (AvgIpc) is 3.36. The van der Waals surface area contributed by atoms with E-state index >= 15 is 0 Å². The fourth-order valence-electron chi connectivity index (χ4n) is 6.61. The number of benzene rings is 2. The number of nitrogens with one attached hydrogen (secondary N) is 2. The van der Waals surface area contributed by atoms with Crippen LogP contribution in [0.1, 0.15) is 56.9 Å². The quantitative estimate of drug-likeness (QED) is 0.209. The van der Waals surface area contributed by atoms with Crippen LogP contribution in [0.4, 0.5) is 10.6 Å². The zero-order valence-corrected chi connectivity index (χ0v) is 23.9. The molecule has 1 amide bonds. The SMILES string of the molecule is CC(C)(C)N(C(=O)O)C1(c2ccc(-c3nc4c(cc3-c3ccccc3)-c3[nH]nc(NCCO)c3CC4)cc2)CCC1. The summed E-state index contributed by atoms with van der Waals surface area (Å²) in [4.78, 5) is 19.3. The third-order valence-electron chi connectivity index (χ3n) is 8.51. The molecule has 0 atom stereocenters. The molecule has 0 radical (unpaired) electrons. The van der Waals surface area contributed by atoms with Crippen LogP contribution in [0, 0.1) is 0 Å². The number of amides is 1. The van der Waals surface area contributed by atoms with Crippen LogP contribution in [0.5, 0.6) is 0 Å². The van der Waals surface area contributed by atoms with Crippen molar-refractivity contribution in [3.63, 3.8) is 0 Å². The molecule has 8 heteroatoms. The van der Waals surface area contributed by atoms with Crippen molar-refractivity contribution in [3.8, 4) is 33.6 Å². The zero-order valence-electron chi connectivity index (χ0n) is 23.9.